The molecule has 1 saturated carbocycles. The second-order valence-electron chi connectivity index (χ2n) is 11.3. The Kier molecular flexibility index (Phi) is 14.3. The first-order valence-corrected chi connectivity index (χ1v) is 15.4. The second kappa shape index (κ2) is 17.3. The van der Waals surface area contributed by atoms with Gasteiger partial charge < -0.3 is 10.6 Å². The molecule has 1 unspecified atom stereocenters. The van der Waals surface area contributed by atoms with E-state index in [0.717, 1.165) is 28.0 Å². The molecule has 0 heterocycles. The lowest BCUT2D eigenvalue weighted by Crippen LogP contribution is -2.31. The van der Waals surface area contributed by atoms with Crippen molar-refractivity contribution in [2.75, 3.05) is 13.6 Å². The van der Waals surface area contributed by atoms with Crippen molar-refractivity contribution in [3.8, 4) is 12.3 Å². The zero-order chi connectivity index (χ0) is 32.9. The van der Waals surface area contributed by atoms with E-state index in [1.807, 2.05) is 38.1 Å². The van der Waals surface area contributed by atoms with Crippen LogP contribution in [0.3, 0.4) is 0 Å². The van der Waals surface area contributed by atoms with Gasteiger partial charge in [-0.1, -0.05) is 86.2 Å². The van der Waals surface area contributed by atoms with Crippen LogP contribution in [-0.4, -0.2) is 31.4 Å². The summed E-state index contributed by atoms with van der Waals surface area (Å²) in [5.74, 6) is 2.05. The van der Waals surface area contributed by atoms with Crippen LogP contribution in [0.5, 0.6) is 0 Å². The number of nitrogens with zero attached hydrogens (tertiary/aromatic N) is 1. The molecular formula is C38H47FN3OP. The first-order chi connectivity index (χ1) is 20.9. The summed E-state index contributed by atoms with van der Waals surface area (Å²) in [6.45, 7) is 17.7. The maximum Gasteiger partial charge on any atom is 0.267 e. The molecule has 4 rings (SSSR count). The summed E-state index contributed by atoms with van der Waals surface area (Å²) in [4.78, 5) is 16.1. The molecule has 0 aliphatic heterocycles. The van der Waals surface area contributed by atoms with E-state index < -0.39 is 6.17 Å². The third-order valence-electron chi connectivity index (χ3n) is 7.16. The molecule has 0 saturated heterocycles. The third kappa shape index (κ3) is 10.6. The monoisotopic (exact) mass is 611 g/mol. The lowest BCUT2D eigenvalue weighted by Gasteiger charge is -2.14. The van der Waals surface area contributed by atoms with Crippen LogP contribution in [0.2, 0.25) is 0 Å². The van der Waals surface area contributed by atoms with E-state index in [2.05, 4.69) is 93.3 Å². The highest BCUT2D eigenvalue weighted by Gasteiger charge is 2.39. The number of hydrogen-bond donors (Lipinski definition) is 2. The van der Waals surface area contributed by atoms with Gasteiger partial charge in [-0.3, -0.25) is 9.79 Å². The van der Waals surface area contributed by atoms with Crippen molar-refractivity contribution in [1.29, 1.82) is 0 Å². The number of alkyl halides is 1. The van der Waals surface area contributed by atoms with Gasteiger partial charge in [-0.15, -0.1) is 15.7 Å². The van der Waals surface area contributed by atoms with Crippen molar-refractivity contribution >= 4 is 42.5 Å². The highest BCUT2D eigenvalue weighted by atomic mass is 31.0. The van der Waals surface area contributed by atoms with Gasteiger partial charge in [-0.25, -0.2) is 4.39 Å². The molecule has 6 heteroatoms. The van der Waals surface area contributed by atoms with Crippen molar-refractivity contribution in [2.24, 2.45) is 4.99 Å². The van der Waals surface area contributed by atoms with Gasteiger partial charge in [0.1, 0.15) is 0 Å². The normalized spacial score (nSPS) is 13.2. The molecule has 1 amide bonds. The number of nitrogens with one attached hydrogen (secondary N) is 2. The number of carbonyl (C=O) groups excluding carboxylic acids is 1. The average Bonchev–Trinajstić information content (AvgIpc) is 3.75. The number of amides is 1. The number of halogens is 1. The van der Waals surface area contributed by atoms with E-state index in [-0.39, 0.29) is 18.1 Å². The zero-order valence-corrected chi connectivity index (χ0v) is 28.2. The minimum absolute atomic E-state index is 0.176. The summed E-state index contributed by atoms with van der Waals surface area (Å²) in [7, 11) is 4.60. The summed E-state index contributed by atoms with van der Waals surface area (Å²) in [5.41, 5.74) is 7.18. The molecule has 44 heavy (non-hydrogen) atoms. The van der Waals surface area contributed by atoms with Crippen molar-refractivity contribution in [3.63, 3.8) is 0 Å². The molecule has 0 radical (unpaired) electrons. The van der Waals surface area contributed by atoms with E-state index >= 15 is 0 Å². The van der Waals surface area contributed by atoms with Crippen molar-refractivity contribution in [1.82, 2.24) is 10.6 Å². The fraction of sp³-hybridized carbons (Fsp3) is 0.316. The number of rotatable bonds is 9. The van der Waals surface area contributed by atoms with E-state index in [1.54, 1.807) is 7.05 Å². The van der Waals surface area contributed by atoms with Crippen molar-refractivity contribution < 1.29 is 9.18 Å². The Morgan fingerprint density at radius 3 is 2.32 bits per heavy atom. The molecule has 1 aliphatic rings. The summed E-state index contributed by atoms with van der Waals surface area (Å²) < 4.78 is 11.0. The Morgan fingerprint density at radius 1 is 1.14 bits per heavy atom. The predicted molar refractivity (Wildman–Crippen MR) is 192 cm³/mol. The van der Waals surface area contributed by atoms with Crippen LogP contribution in [0.15, 0.2) is 90.6 Å². The molecule has 0 aromatic heterocycles. The van der Waals surface area contributed by atoms with Crippen molar-refractivity contribution in [3.05, 3.63) is 108 Å². The molecule has 0 bridgehead atoms. The van der Waals surface area contributed by atoms with Gasteiger partial charge in [0.25, 0.3) is 5.91 Å². The van der Waals surface area contributed by atoms with Crippen LogP contribution in [0.1, 0.15) is 69.7 Å². The standard InChI is InChI=1S/C21H25N3O.C14H15P.C3H7F/c1-7-9-20(22-6)17-10-11-18(19(13-17)15(3)4)14-24-16(5)21(25)23-12-8-2;1-14(8-9-14)12-6-7-13(15)11-5-3-2-4-10(11)12;1-3(2)4/h2,7,9-11,13,24H,3,5,12,14H2,1,4,6H3,(H,23,25);2-7H,8-9,15H2,1H3;3H,1-2H3/b9-7-,22-20?;;. The predicted octanol–water partition coefficient (Wildman–Crippen LogP) is 7.82. The molecule has 1 aliphatic carbocycles. The molecule has 3 aromatic rings. The van der Waals surface area contributed by atoms with E-state index in [4.69, 9.17) is 6.42 Å². The Bertz CT molecular complexity index is 1570. The number of fused-ring (bicyclic) bond motifs is 1. The van der Waals surface area contributed by atoms with E-state index in [9.17, 15) is 9.18 Å². The van der Waals surface area contributed by atoms with Gasteiger partial charge in [-0.2, -0.15) is 0 Å². The molecule has 1 atom stereocenters. The molecule has 3 aromatic carbocycles. The van der Waals surface area contributed by atoms with Crippen LogP contribution in [0.4, 0.5) is 4.39 Å². The first-order valence-electron chi connectivity index (χ1n) is 14.8. The summed E-state index contributed by atoms with van der Waals surface area (Å²) in [6, 6.07) is 19.3. The SMILES string of the molecule is C#CCNC(=O)C(=C)NCc1ccc(C(/C=C\C)=NC)cc1C(=C)C.CC(C)F.CC1(c2ccc(P)c3ccccc23)CC1. The Balaban J connectivity index is 0.000000297. The molecule has 0 spiro atoms. The van der Waals surface area contributed by atoms with E-state index in [0.29, 0.717) is 12.0 Å². The average molecular weight is 612 g/mol. The quantitative estimate of drug-likeness (QED) is 0.112. The van der Waals surface area contributed by atoms with Crippen LogP contribution >= 0.6 is 9.24 Å². The zero-order valence-electron chi connectivity index (χ0n) is 27.1. The minimum Gasteiger partial charge on any atom is -0.377 e. The fourth-order valence-corrected chi connectivity index (χ4v) is 4.92. The number of aliphatic imine (C=N–C) groups is 1. The molecule has 4 nitrogen and oxygen atoms in total. The first kappa shape index (κ1) is 36.2. The lowest BCUT2D eigenvalue weighted by molar-refractivity contribution is -0.117. The van der Waals surface area contributed by atoms with Gasteiger partial charge in [-0.05, 0) is 90.9 Å². The van der Waals surface area contributed by atoms with Gasteiger partial charge in [0.05, 0.1) is 24.1 Å². The van der Waals surface area contributed by atoms with Crippen LogP contribution < -0.4 is 15.9 Å². The largest absolute Gasteiger partial charge is 0.377 e. The highest BCUT2D eigenvalue weighted by Crippen LogP contribution is 2.49. The van der Waals surface area contributed by atoms with Crippen LogP contribution in [0.25, 0.3) is 16.3 Å². The van der Waals surface area contributed by atoms with Gasteiger partial charge in [0, 0.05) is 19.2 Å². The molecule has 2 N–H and O–H groups in total. The summed E-state index contributed by atoms with van der Waals surface area (Å²) in [5, 5.41) is 9.73. The smallest absolute Gasteiger partial charge is 0.267 e. The fourth-order valence-electron chi connectivity index (χ4n) is 4.57. The highest BCUT2D eigenvalue weighted by molar-refractivity contribution is 7.28. The van der Waals surface area contributed by atoms with E-state index in [1.165, 1.54) is 48.3 Å². The Morgan fingerprint density at radius 2 is 1.77 bits per heavy atom. The van der Waals surface area contributed by atoms with Crippen molar-refractivity contribution in [2.45, 2.75) is 65.6 Å². The van der Waals surface area contributed by atoms with Gasteiger partial charge in [0.2, 0.25) is 0 Å². The number of hydrogen-bond acceptors (Lipinski definition) is 3. The number of benzene rings is 3. The van der Waals surface area contributed by atoms with Gasteiger partial charge >= 0.3 is 0 Å². The number of allylic oxidation sites excluding steroid dienone is 3. The third-order valence-corrected chi connectivity index (χ3v) is 7.66. The number of carbonyl (C=O) groups is 1. The van der Waals surface area contributed by atoms with Crippen LogP contribution in [-0.2, 0) is 16.8 Å². The lowest BCUT2D eigenvalue weighted by atomic mass is 9.92. The Labute approximate surface area is 266 Å². The summed E-state index contributed by atoms with van der Waals surface area (Å²) >= 11 is 0. The minimum atomic E-state index is -0.667. The maximum atomic E-state index is 11.8. The van der Waals surface area contributed by atoms with Gasteiger partial charge in [0.15, 0.2) is 0 Å². The second-order valence-corrected chi connectivity index (χ2v) is 11.9. The Hall–Kier alpha value is -4.00. The maximum absolute atomic E-state index is 11.8. The van der Waals surface area contributed by atoms with Crippen LogP contribution in [0, 0.1) is 12.3 Å². The number of terminal acetylenes is 1. The molecule has 232 valence electrons. The molecule has 1 fully saturated rings. The topological polar surface area (TPSA) is 53.5 Å². The molecular weight excluding hydrogens is 564 g/mol. The summed E-state index contributed by atoms with van der Waals surface area (Å²) in [6.07, 6.45) is 11.1.